The van der Waals surface area contributed by atoms with Gasteiger partial charge in [0.05, 0.1) is 0 Å². The van der Waals surface area contributed by atoms with Crippen LogP contribution in [0.15, 0.2) is 6.07 Å². The van der Waals surface area contributed by atoms with E-state index in [9.17, 15) is 0 Å². The van der Waals surface area contributed by atoms with Gasteiger partial charge >= 0.3 is 0 Å². The van der Waals surface area contributed by atoms with Crippen molar-refractivity contribution in [2.75, 3.05) is 61.9 Å². The molecule has 0 aromatic carbocycles. The molecule has 0 bridgehead atoms. The second-order valence-corrected chi connectivity index (χ2v) is 9.04. The molecule has 1 aromatic rings. The standard InChI is InChI=1S/C18H34N7OP/c1-2-26-27(23-15-6-4-3-5-7-15)13-12-24-8-10-25(11-9-24)17-14-16(19)21-18(20)22-17/h14-15,23H,2-13H2,1H3,(H4,19,20,21,22). The van der Waals surface area contributed by atoms with Gasteiger partial charge < -0.3 is 20.9 Å². The van der Waals surface area contributed by atoms with Crippen LogP contribution in [-0.2, 0) is 4.52 Å². The third-order valence-corrected chi connectivity index (χ3v) is 7.11. The normalized spacial score (nSPS) is 20.7. The highest BCUT2D eigenvalue weighted by molar-refractivity contribution is 7.50. The van der Waals surface area contributed by atoms with E-state index in [0.717, 1.165) is 51.3 Å². The molecule has 5 N–H and O–H groups in total. The lowest BCUT2D eigenvalue weighted by Gasteiger charge is -2.36. The van der Waals surface area contributed by atoms with E-state index in [1.54, 1.807) is 6.07 Å². The second-order valence-electron chi connectivity index (χ2n) is 7.32. The van der Waals surface area contributed by atoms with E-state index in [1.807, 2.05) is 0 Å². The molecule has 152 valence electrons. The van der Waals surface area contributed by atoms with Crippen LogP contribution in [0.1, 0.15) is 39.0 Å². The fraction of sp³-hybridized carbons (Fsp3) is 0.778. The third-order valence-electron chi connectivity index (χ3n) is 5.28. The minimum Gasteiger partial charge on any atom is -0.383 e. The van der Waals surface area contributed by atoms with E-state index >= 15 is 0 Å². The molecule has 1 saturated carbocycles. The third kappa shape index (κ3) is 6.42. The van der Waals surface area contributed by atoms with Crippen molar-refractivity contribution in [2.24, 2.45) is 0 Å². The molecule has 8 nitrogen and oxygen atoms in total. The highest BCUT2D eigenvalue weighted by Crippen LogP contribution is 2.35. The topological polar surface area (TPSA) is 106 Å². The number of aromatic nitrogens is 2. The molecule has 2 fully saturated rings. The van der Waals surface area contributed by atoms with Crippen LogP contribution < -0.4 is 21.5 Å². The molecule has 0 radical (unpaired) electrons. The van der Waals surface area contributed by atoms with Crippen molar-refractivity contribution in [2.45, 2.75) is 45.1 Å². The number of anilines is 3. The fourth-order valence-corrected chi connectivity index (χ4v) is 5.60. The first-order valence-corrected chi connectivity index (χ1v) is 11.6. The number of nitrogens with one attached hydrogen (secondary N) is 1. The van der Waals surface area contributed by atoms with Gasteiger partial charge in [-0.3, -0.25) is 9.99 Å². The first-order valence-electron chi connectivity index (χ1n) is 10.2. The van der Waals surface area contributed by atoms with Crippen molar-refractivity contribution in [1.82, 2.24) is 20.0 Å². The second kappa shape index (κ2) is 10.4. The minimum atomic E-state index is -0.531. The highest BCUT2D eigenvalue weighted by atomic mass is 31.2. The van der Waals surface area contributed by atoms with Crippen molar-refractivity contribution in [3.8, 4) is 0 Å². The van der Waals surface area contributed by atoms with Gasteiger partial charge in [0.1, 0.15) is 19.9 Å². The summed E-state index contributed by atoms with van der Waals surface area (Å²) in [5, 5.41) is 3.80. The number of piperazine rings is 1. The average Bonchev–Trinajstić information content (AvgIpc) is 2.67. The summed E-state index contributed by atoms with van der Waals surface area (Å²) in [6.07, 6.45) is 7.79. The molecule has 3 rings (SSSR count). The van der Waals surface area contributed by atoms with Gasteiger partial charge in [-0.2, -0.15) is 9.97 Å². The summed E-state index contributed by atoms with van der Waals surface area (Å²) in [5.41, 5.74) is 11.5. The Hall–Kier alpha value is -1.21. The van der Waals surface area contributed by atoms with Gasteiger partial charge in [0.25, 0.3) is 0 Å². The van der Waals surface area contributed by atoms with Gasteiger partial charge in [0, 0.05) is 57.6 Å². The average molecular weight is 395 g/mol. The molecular formula is C18H34N7OP. The van der Waals surface area contributed by atoms with Gasteiger partial charge in [-0.05, 0) is 19.8 Å². The van der Waals surface area contributed by atoms with Gasteiger partial charge in [0.2, 0.25) is 5.95 Å². The molecular weight excluding hydrogens is 361 g/mol. The maximum atomic E-state index is 6.02. The molecule has 1 saturated heterocycles. The number of hydrogen-bond donors (Lipinski definition) is 3. The van der Waals surface area contributed by atoms with E-state index < -0.39 is 8.30 Å². The van der Waals surface area contributed by atoms with Gasteiger partial charge in [-0.15, -0.1) is 0 Å². The van der Waals surface area contributed by atoms with Crippen LogP contribution in [-0.4, -0.2) is 66.4 Å². The van der Waals surface area contributed by atoms with Crippen LogP contribution in [0.3, 0.4) is 0 Å². The Morgan fingerprint density at radius 1 is 1.15 bits per heavy atom. The van der Waals surface area contributed by atoms with Crippen LogP contribution in [0.4, 0.5) is 17.6 Å². The Morgan fingerprint density at radius 2 is 1.89 bits per heavy atom. The van der Waals surface area contributed by atoms with Crippen LogP contribution >= 0.6 is 8.30 Å². The van der Waals surface area contributed by atoms with Gasteiger partial charge in [-0.1, -0.05) is 19.3 Å². The fourth-order valence-electron chi connectivity index (χ4n) is 3.82. The predicted octanol–water partition coefficient (Wildman–Crippen LogP) is 2.03. The molecule has 0 spiro atoms. The predicted molar refractivity (Wildman–Crippen MR) is 113 cm³/mol. The first kappa shape index (κ1) is 20.5. The molecule has 27 heavy (non-hydrogen) atoms. The van der Waals surface area contributed by atoms with Crippen molar-refractivity contribution < 1.29 is 4.52 Å². The summed E-state index contributed by atoms with van der Waals surface area (Å²) in [6.45, 7) is 7.85. The number of rotatable bonds is 8. The summed E-state index contributed by atoms with van der Waals surface area (Å²) in [6, 6.07) is 2.45. The summed E-state index contributed by atoms with van der Waals surface area (Å²) in [4.78, 5) is 13.0. The number of nitrogen functional groups attached to an aromatic ring is 2. The summed E-state index contributed by atoms with van der Waals surface area (Å²) < 4.78 is 6.02. The maximum Gasteiger partial charge on any atom is 0.223 e. The zero-order valence-corrected chi connectivity index (χ0v) is 17.3. The number of hydrogen-bond acceptors (Lipinski definition) is 8. The Labute approximate surface area is 163 Å². The van der Waals surface area contributed by atoms with Crippen LogP contribution in [0.25, 0.3) is 0 Å². The van der Waals surface area contributed by atoms with Crippen LogP contribution in [0.2, 0.25) is 0 Å². The number of nitrogens with two attached hydrogens (primary N) is 2. The quantitative estimate of drug-likeness (QED) is 0.574. The summed E-state index contributed by atoms with van der Waals surface area (Å²) in [5.74, 6) is 1.50. The molecule has 1 unspecified atom stereocenters. The molecule has 1 aromatic heterocycles. The zero-order chi connectivity index (χ0) is 19.1. The van der Waals surface area contributed by atoms with Crippen LogP contribution in [0.5, 0.6) is 0 Å². The molecule has 9 heteroatoms. The summed E-state index contributed by atoms with van der Waals surface area (Å²) >= 11 is 0. The van der Waals surface area contributed by atoms with Crippen molar-refractivity contribution in [3.63, 3.8) is 0 Å². The molecule has 0 amide bonds. The van der Waals surface area contributed by atoms with Gasteiger partial charge in [0.15, 0.2) is 0 Å². The summed E-state index contributed by atoms with van der Waals surface area (Å²) in [7, 11) is -0.531. The largest absolute Gasteiger partial charge is 0.383 e. The highest BCUT2D eigenvalue weighted by Gasteiger charge is 2.22. The smallest absolute Gasteiger partial charge is 0.223 e. The van der Waals surface area contributed by atoms with E-state index in [2.05, 4.69) is 31.8 Å². The van der Waals surface area contributed by atoms with Gasteiger partial charge in [-0.25, -0.2) is 0 Å². The van der Waals surface area contributed by atoms with E-state index in [1.165, 1.54) is 32.1 Å². The Kier molecular flexibility index (Phi) is 7.88. The molecule has 1 aliphatic carbocycles. The SMILES string of the molecule is CCOP(CCN1CCN(c2cc(N)nc(N)n2)CC1)NC1CCCCC1. The van der Waals surface area contributed by atoms with Crippen molar-refractivity contribution in [3.05, 3.63) is 6.07 Å². The lowest BCUT2D eigenvalue weighted by molar-refractivity contribution is 0.267. The molecule has 1 aliphatic heterocycles. The van der Waals surface area contributed by atoms with E-state index in [4.69, 9.17) is 16.0 Å². The lowest BCUT2D eigenvalue weighted by Crippen LogP contribution is -2.47. The van der Waals surface area contributed by atoms with Crippen molar-refractivity contribution >= 4 is 25.9 Å². The van der Waals surface area contributed by atoms with E-state index in [-0.39, 0.29) is 5.95 Å². The minimum absolute atomic E-state index is 0.239. The lowest BCUT2D eigenvalue weighted by atomic mass is 9.96. The Morgan fingerprint density at radius 3 is 2.56 bits per heavy atom. The van der Waals surface area contributed by atoms with Crippen LogP contribution in [0, 0.1) is 0 Å². The molecule has 1 atom stereocenters. The number of nitrogens with zero attached hydrogens (tertiary/aromatic N) is 4. The van der Waals surface area contributed by atoms with Crippen molar-refractivity contribution in [1.29, 1.82) is 0 Å². The monoisotopic (exact) mass is 395 g/mol. The Balaban J connectivity index is 1.43. The zero-order valence-electron chi connectivity index (χ0n) is 16.4. The molecule has 2 aliphatic rings. The Bertz CT molecular complexity index is 557. The molecule has 2 heterocycles. The van der Waals surface area contributed by atoms with E-state index in [0.29, 0.717) is 11.9 Å². The maximum absolute atomic E-state index is 6.02. The first-order chi connectivity index (χ1) is 13.1.